The van der Waals surface area contributed by atoms with Crippen molar-refractivity contribution in [3.8, 4) is 27.6 Å². The Kier molecular flexibility index (Phi) is 4.24. The van der Waals surface area contributed by atoms with Gasteiger partial charge in [-0.15, -0.1) is 11.3 Å². The van der Waals surface area contributed by atoms with Crippen LogP contribution in [0.4, 0.5) is 5.69 Å². The lowest BCUT2D eigenvalue weighted by molar-refractivity contribution is -0.117. The average Bonchev–Trinajstić information content (AvgIpc) is 3.31. The molecule has 0 spiro atoms. The second-order valence-corrected chi connectivity index (χ2v) is 6.82. The molecule has 1 amide bonds. The molecule has 0 unspecified atom stereocenters. The van der Waals surface area contributed by atoms with Gasteiger partial charge in [0.15, 0.2) is 0 Å². The van der Waals surface area contributed by atoms with Crippen LogP contribution in [0, 0.1) is 0 Å². The summed E-state index contributed by atoms with van der Waals surface area (Å²) in [6, 6.07) is 16.0. The van der Waals surface area contributed by atoms with Crippen molar-refractivity contribution in [2.24, 2.45) is 0 Å². The molecule has 5 heteroatoms. The quantitative estimate of drug-likeness (QED) is 0.690. The lowest BCUT2D eigenvalue weighted by Crippen LogP contribution is -2.23. The number of benzene rings is 2. The highest BCUT2D eigenvalue weighted by Gasteiger charge is 2.22. The molecule has 0 atom stereocenters. The van der Waals surface area contributed by atoms with E-state index in [9.17, 15) is 4.79 Å². The van der Waals surface area contributed by atoms with Gasteiger partial charge in [0.2, 0.25) is 5.91 Å². The maximum atomic E-state index is 12.0. The number of carbonyl (C=O) groups is 1. The van der Waals surface area contributed by atoms with Gasteiger partial charge < -0.3 is 9.64 Å². The van der Waals surface area contributed by atoms with Crippen LogP contribution in [-0.4, -0.2) is 24.5 Å². The smallest absolute Gasteiger partial charge is 0.227 e. The fourth-order valence-electron chi connectivity index (χ4n) is 3.03. The van der Waals surface area contributed by atoms with E-state index in [1.54, 1.807) is 18.4 Å². The topological polar surface area (TPSA) is 42.4 Å². The van der Waals surface area contributed by atoms with Crippen LogP contribution in [-0.2, 0) is 4.79 Å². The number of amides is 1. The molecule has 0 bridgehead atoms. The molecule has 126 valence electrons. The summed E-state index contributed by atoms with van der Waals surface area (Å²) in [5.74, 6) is 1.04. The Bertz CT molecular complexity index is 902. The highest BCUT2D eigenvalue weighted by molar-refractivity contribution is 7.13. The van der Waals surface area contributed by atoms with Crippen molar-refractivity contribution in [1.82, 2.24) is 4.98 Å². The van der Waals surface area contributed by atoms with Crippen molar-refractivity contribution >= 4 is 22.9 Å². The van der Waals surface area contributed by atoms with Gasteiger partial charge in [0.05, 0.1) is 12.8 Å². The van der Waals surface area contributed by atoms with Crippen LogP contribution in [0.1, 0.15) is 12.8 Å². The molecule has 2 aromatic carbocycles. The van der Waals surface area contributed by atoms with Crippen molar-refractivity contribution in [2.75, 3.05) is 18.6 Å². The molecule has 1 aromatic heterocycles. The predicted molar refractivity (Wildman–Crippen MR) is 101 cm³/mol. The first kappa shape index (κ1) is 15.8. The zero-order chi connectivity index (χ0) is 17.2. The molecule has 1 saturated heterocycles. The first-order valence-corrected chi connectivity index (χ1v) is 9.13. The van der Waals surface area contributed by atoms with E-state index in [-0.39, 0.29) is 5.91 Å². The van der Waals surface area contributed by atoms with Crippen molar-refractivity contribution < 1.29 is 9.53 Å². The molecule has 0 radical (unpaired) electrons. The first-order chi connectivity index (χ1) is 12.2. The second kappa shape index (κ2) is 6.69. The number of thiazole rings is 1. The SMILES string of the molecule is COc1ccc(-c2nc(-c3cccc(N4CCCC4=O)c3)cs2)cc1. The van der Waals surface area contributed by atoms with Gasteiger partial charge in [0.25, 0.3) is 0 Å². The summed E-state index contributed by atoms with van der Waals surface area (Å²) < 4.78 is 5.20. The number of ether oxygens (including phenoxy) is 1. The van der Waals surface area contributed by atoms with E-state index < -0.39 is 0 Å². The summed E-state index contributed by atoms with van der Waals surface area (Å²) in [7, 11) is 1.66. The highest BCUT2D eigenvalue weighted by atomic mass is 32.1. The Morgan fingerprint density at radius 2 is 1.96 bits per heavy atom. The van der Waals surface area contributed by atoms with Gasteiger partial charge in [-0.2, -0.15) is 0 Å². The number of anilines is 1. The highest BCUT2D eigenvalue weighted by Crippen LogP contribution is 2.32. The number of aromatic nitrogens is 1. The summed E-state index contributed by atoms with van der Waals surface area (Å²) in [6.07, 6.45) is 1.57. The minimum atomic E-state index is 0.203. The van der Waals surface area contributed by atoms with Gasteiger partial charge in [-0.25, -0.2) is 4.98 Å². The molecular weight excluding hydrogens is 332 g/mol. The molecular formula is C20H18N2O2S. The van der Waals surface area contributed by atoms with Gasteiger partial charge in [-0.1, -0.05) is 12.1 Å². The van der Waals surface area contributed by atoms with E-state index in [1.807, 2.05) is 47.4 Å². The number of nitrogens with zero attached hydrogens (tertiary/aromatic N) is 2. The van der Waals surface area contributed by atoms with Crippen molar-refractivity contribution in [1.29, 1.82) is 0 Å². The fraction of sp³-hybridized carbons (Fsp3) is 0.200. The standard InChI is InChI=1S/C20H18N2O2S/c1-24-17-9-7-14(8-10-17)20-21-18(13-25-20)15-4-2-5-16(12-15)22-11-3-6-19(22)23/h2,4-5,7-10,12-13H,3,6,11H2,1H3. The van der Waals surface area contributed by atoms with Gasteiger partial charge in [0, 0.05) is 35.2 Å². The summed E-state index contributed by atoms with van der Waals surface area (Å²) in [5, 5.41) is 3.03. The zero-order valence-electron chi connectivity index (χ0n) is 13.9. The van der Waals surface area contributed by atoms with Crippen molar-refractivity contribution in [2.45, 2.75) is 12.8 Å². The molecule has 0 saturated carbocycles. The third-order valence-electron chi connectivity index (χ3n) is 4.37. The summed E-state index contributed by atoms with van der Waals surface area (Å²) in [4.78, 5) is 18.6. The Morgan fingerprint density at radius 3 is 2.68 bits per heavy atom. The summed E-state index contributed by atoms with van der Waals surface area (Å²) in [5.41, 5.74) is 4.00. The predicted octanol–water partition coefficient (Wildman–Crippen LogP) is 4.61. The molecule has 4 rings (SSSR count). The van der Waals surface area contributed by atoms with E-state index in [0.717, 1.165) is 46.2 Å². The Labute approximate surface area is 150 Å². The van der Waals surface area contributed by atoms with Gasteiger partial charge >= 0.3 is 0 Å². The number of hydrogen-bond donors (Lipinski definition) is 0. The number of rotatable bonds is 4. The van der Waals surface area contributed by atoms with Crippen LogP contribution in [0.15, 0.2) is 53.9 Å². The normalized spacial score (nSPS) is 14.1. The van der Waals surface area contributed by atoms with E-state index in [2.05, 4.69) is 11.4 Å². The summed E-state index contributed by atoms with van der Waals surface area (Å²) in [6.45, 7) is 0.802. The lowest BCUT2D eigenvalue weighted by Gasteiger charge is -2.16. The largest absolute Gasteiger partial charge is 0.497 e. The molecule has 4 nitrogen and oxygen atoms in total. The third-order valence-corrected chi connectivity index (χ3v) is 5.26. The molecule has 0 N–H and O–H groups in total. The molecule has 3 aromatic rings. The molecule has 0 aliphatic carbocycles. The number of carbonyl (C=O) groups excluding carboxylic acids is 1. The maximum Gasteiger partial charge on any atom is 0.227 e. The molecule has 1 fully saturated rings. The lowest BCUT2D eigenvalue weighted by atomic mass is 10.1. The van der Waals surface area contributed by atoms with Crippen LogP contribution in [0.2, 0.25) is 0 Å². The number of methoxy groups -OCH3 is 1. The van der Waals surface area contributed by atoms with Crippen LogP contribution in [0.5, 0.6) is 5.75 Å². The summed E-state index contributed by atoms with van der Waals surface area (Å²) >= 11 is 1.62. The van der Waals surface area contributed by atoms with E-state index in [4.69, 9.17) is 9.72 Å². The van der Waals surface area contributed by atoms with Crippen LogP contribution < -0.4 is 9.64 Å². The van der Waals surface area contributed by atoms with E-state index >= 15 is 0 Å². The van der Waals surface area contributed by atoms with Gasteiger partial charge in [-0.05, 0) is 42.8 Å². The maximum absolute atomic E-state index is 12.0. The van der Waals surface area contributed by atoms with Crippen LogP contribution in [0.3, 0.4) is 0 Å². The van der Waals surface area contributed by atoms with E-state index in [1.165, 1.54) is 0 Å². The fourth-order valence-corrected chi connectivity index (χ4v) is 3.86. The zero-order valence-corrected chi connectivity index (χ0v) is 14.8. The minimum absolute atomic E-state index is 0.203. The van der Waals surface area contributed by atoms with E-state index in [0.29, 0.717) is 6.42 Å². The molecule has 1 aliphatic heterocycles. The van der Waals surface area contributed by atoms with Gasteiger partial charge in [-0.3, -0.25) is 4.79 Å². The average molecular weight is 350 g/mol. The molecule has 25 heavy (non-hydrogen) atoms. The Hall–Kier alpha value is -2.66. The molecule has 1 aliphatic rings. The first-order valence-electron chi connectivity index (χ1n) is 8.25. The third kappa shape index (κ3) is 3.15. The van der Waals surface area contributed by atoms with Crippen LogP contribution in [0.25, 0.3) is 21.8 Å². The monoisotopic (exact) mass is 350 g/mol. The second-order valence-electron chi connectivity index (χ2n) is 5.97. The van der Waals surface area contributed by atoms with Crippen LogP contribution >= 0.6 is 11.3 Å². The van der Waals surface area contributed by atoms with Crippen molar-refractivity contribution in [3.63, 3.8) is 0 Å². The number of hydrogen-bond acceptors (Lipinski definition) is 4. The van der Waals surface area contributed by atoms with Crippen molar-refractivity contribution in [3.05, 3.63) is 53.9 Å². The Balaban J connectivity index is 1.62. The molecule has 2 heterocycles. The minimum Gasteiger partial charge on any atom is -0.497 e. The van der Waals surface area contributed by atoms with Gasteiger partial charge in [0.1, 0.15) is 10.8 Å². The Morgan fingerprint density at radius 1 is 1.12 bits per heavy atom.